The van der Waals surface area contributed by atoms with Crippen molar-refractivity contribution in [2.24, 2.45) is 5.92 Å². The topological polar surface area (TPSA) is 237 Å². The number of rotatable bonds is 59. The van der Waals surface area contributed by atoms with Gasteiger partial charge in [0.2, 0.25) is 0 Å². The monoisotopic (exact) mass is 1160 g/mol. The van der Waals surface area contributed by atoms with Gasteiger partial charge in [-0.15, -0.1) is 0 Å². The molecule has 0 fully saturated rings. The van der Waals surface area contributed by atoms with Crippen LogP contribution in [0, 0.1) is 5.92 Å². The summed E-state index contributed by atoms with van der Waals surface area (Å²) in [4.78, 5) is 71.7. The summed E-state index contributed by atoms with van der Waals surface area (Å²) in [7, 11) is -9.87. The van der Waals surface area contributed by atoms with Crippen LogP contribution >= 0.6 is 15.6 Å². The summed E-state index contributed by atoms with van der Waals surface area (Å²) in [6.45, 7) is 7.03. The van der Waals surface area contributed by atoms with E-state index in [2.05, 4.69) is 34.6 Å². The summed E-state index contributed by atoms with van der Waals surface area (Å²) in [5.41, 5.74) is 0. The minimum Gasteiger partial charge on any atom is -0.462 e. The second-order valence-corrected chi connectivity index (χ2v) is 24.8. The Balaban J connectivity index is 5.18. The van der Waals surface area contributed by atoms with Crippen LogP contribution in [0.5, 0.6) is 0 Å². The third-order valence-corrected chi connectivity index (χ3v) is 15.4. The predicted octanol–water partition coefficient (Wildman–Crippen LogP) is 15.8. The fourth-order valence-electron chi connectivity index (χ4n) is 8.70. The minimum atomic E-state index is -4.94. The van der Waals surface area contributed by atoms with Gasteiger partial charge < -0.3 is 33.8 Å². The van der Waals surface area contributed by atoms with E-state index in [-0.39, 0.29) is 25.7 Å². The zero-order valence-corrected chi connectivity index (χ0v) is 51.6. The van der Waals surface area contributed by atoms with E-state index in [1.807, 2.05) is 0 Å². The van der Waals surface area contributed by atoms with E-state index < -0.39 is 97.5 Å². The number of phosphoric acid groups is 2. The standard InChI is InChI=1S/C59H114O17P2/c1-6-9-12-15-17-19-21-25-28-33-38-43-57(62)70-49-55(76-59(64)45-40-35-30-26-22-23-27-32-36-41-52(4)5)51-74-78(67,68)72-47-53(60)46-71-77(65,66)73-50-54(48-69-56(61)42-37-31-14-11-8-3)75-58(63)44-39-34-29-24-20-18-16-13-10-7-2/h52-55,60H,6-51H2,1-5H3,(H,65,66)(H,67,68)/t53-,54+,55+/m0/s1. The van der Waals surface area contributed by atoms with Crippen LogP contribution in [-0.2, 0) is 65.4 Å². The lowest BCUT2D eigenvalue weighted by Crippen LogP contribution is -2.30. The predicted molar refractivity (Wildman–Crippen MR) is 308 cm³/mol. The van der Waals surface area contributed by atoms with Crippen LogP contribution < -0.4 is 0 Å². The Labute approximate surface area is 473 Å². The van der Waals surface area contributed by atoms with Crippen molar-refractivity contribution in [2.75, 3.05) is 39.6 Å². The molecule has 0 aliphatic heterocycles. The van der Waals surface area contributed by atoms with Crippen LogP contribution in [0.3, 0.4) is 0 Å². The summed E-state index contributed by atoms with van der Waals surface area (Å²) in [5, 5.41) is 10.5. The zero-order valence-electron chi connectivity index (χ0n) is 49.8. The number of hydrogen-bond donors (Lipinski definition) is 3. The molecule has 0 radical (unpaired) electrons. The van der Waals surface area contributed by atoms with Gasteiger partial charge in [0, 0.05) is 25.7 Å². The van der Waals surface area contributed by atoms with Crippen LogP contribution in [0.25, 0.3) is 0 Å². The highest BCUT2D eigenvalue weighted by molar-refractivity contribution is 7.47. The van der Waals surface area contributed by atoms with E-state index in [4.69, 9.17) is 37.0 Å². The second kappa shape index (κ2) is 53.1. The quantitative estimate of drug-likeness (QED) is 0.0222. The lowest BCUT2D eigenvalue weighted by molar-refractivity contribution is -0.161. The van der Waals surface area contributed by atoms with Crippen LogP contribution in [0.2, 0.25) is 0 Å². The molecule has 0 heterocycles. The molecule has 5 atom stereocenters. The molecule has 19 heteroatoms. The molecule has 0 aromatic rings. The minimum absolute atomic E-state index is 0.105. The number of esters is 4. The van der Waals surface area contributed by atoms with Crippen LogP contribution in [0.4, 0.5) is 0 Å². The van der Waals surface area contributed by atoms with E-state index in [1.165, 1.54) is 109 Å². The van der Waals surface area contributed by atoms with Crippen molar-refractivity contribution in [3.63, 3.8) is 0 Å². The van der Waals surface area contributed by atoms with Gasteiger partial charge in [0.15, 0.2) is 12.2 Å². The Bertz CT molecular complexity index is 1530. The Hall–Kier alpha value is -1.94. The summed E-state index contributed by atoms with van der Waals surface area (Å²) >= 11 is 0. The molecule has 0 spiro atoms. The summed E-state index contributed by atoms with van der Waals surface area (Å²) in [6, 6.07) is 0. The summed E-state index contributed by atoms with van der Waals surface area (Å²) < 4.78 is 67.6. The fourth-order valence-corrected chi connectivity index (χ4v) is 10.3. The van der Waals surface area contributed by atoms with Gasteiger partial charge in [0.05, 0.1) is 26.4 Å². The van der Waals surface area contributed by atoms with Crippen molar-refractivity contribution in [2.45, 2.75) is 310 Å². The number of aliphatic hydroxyl groups excluding tert-OH is 1. The first-order valence-electron chi connectivity index (χ1n) is 31.1. The van der Waals surface area contributed by atoms with Crippen molar-refractivity contribution < 1.29 is 80.2 Å². The smallest absolute Gasteiger partial charge is 0.462 e. The molecule has 0 rings (SSSR count). The Morgan fingerprint density at radius 2 is 0.590 bits per heavy atom. The van der Waals surface area contributed by atoms with E-state index in [1.54, 1.807) is 0 Å². The Morgan fingerprint density at radius 1 is 0.346 bits per heavy atom. The molecule has 2 unspecified atom stereocenters. The van der Waals surface area contributed by atoms with Crippen molar-refractivity contribution in [3.8, 4) is 0 Å². The van der Waals surface area contributed by atoms with Gasteiger partial charge in [-0.05, 0) is 31.6 Å². The average molecular weight is 1160 g/mol. The molecule has 0 aromatic heterocycles. The molecule has 0 saturated carbocycles. The molecule has 462 valence electrons. The maximum atomic E-state index is 12.9. The van der Waals surface area contributed by atoms with Gasteiger partial charge >= 0.3 is 39.5 Å². The number of carbonyl (C=O) groups excluding carboxylic acids is 4. The Kier molecular flexibility index (Phi) is 51.8. The van der Waals surface area contributed by atoms with Crippen molar-refractivity contribution in [3.05, 3.63) is 0 Å². The van der Waals surface area contributed by atoms with Crippen molar-refractivity contribution in [1.82, 2.24) is 0 Å². The van der Waals surface area contributed by atoms with E-state index >= 15 is 0 Å². The maximum absolute atomic E-state index is 12.9. The first-order chi connectivity index (χ1) is 37.5. The molecule has 17 nitrogen and oxygen atoms in total. The summed E-state index contributed by atoms with van der Waals surface area (Å²) in [6.07, 6.45) is 35.1. The van der Waals surface area contributed by atoms with Gasteiger partial charge in [-0.25, -0.2) is 9.13 Å². The van der Waals surface area contributed by atoms with Gasteiger partial charge in [0.1, 0.15) is 19.3 Å². The molecule has 0 aliphatic carbocycles. The third-order valence-electron chi connectivity index (χ3n) is 13.5. The fraction of sp³-hybridized carbons (Fsp3) is 0.932. The van der Waals surface area contributed by atoms with Crippen molar-refractivity contribution >= 4 is 39.5 Å². The van der Waals surface area contributed by atoms with E-state index in [0.29, 0.717) is 25.7 Å². The number of phosphoric ester groups is 2. The van der Waals surface area contributed by atoms with Gasteiger partial charge in [-0.3, -0.25) is 37.3 Å². The molecule has 3 N–H and O–H groups in total. The zero-order chi connectivity index (χ0) is 57.8. The highest BCUT2D eigenvalue weighted by Crippen LogP contribution is 2.45. The highest BCUT2D eigenvalue weighted by atomic mass is 31.2. The Morgan fingerprint density at radius 3 is 0.872 bits per heavy atom. The number of hydrogen-bond acceptors (Lipinski definition) is 15. The number of unbranched alkanes of at least 4 members (excludes halogenated alkanes) is 31. The average Bonchev–Trinajstić information content (AvgIpc) is 3.40. The SMILES string of the molecule is CCCCCCCCCCCCCC(=O)OC[C@H](COP(=O)(O)OC[C@@H](O)COP(=O)(O)OC[C@@H](COC(=O)CCCCCCC)OC(=O)CCCCCCCCCCCC)OC(=O)CCCCCCCCCCCC(C)C. The van der Waals surface area contributed by atoms with Gasteiger partial charge in [-0.2, -0.15) is 0 Å². The lowest BCUT2D eigenvalue weighted by Gasteiger charge is -2.21. The summed E-state index contributed by atoms with van der Waals surface area (Å²) in [5.74, 6) is -1.41. The molecular weight excluding hydrogens is 1040 g/mol. The van der Waals surface area contributed by atoms with Gasteiger partial charge in [0.25, 0.3) is 0 Å². The molecule has 0 amide bonds. The molecule has 78 heavy (non-hydrogen) atoms. The maximum Gasteiger partial charge on any atom is 0.472 e. The first kappa shape index (κ1) is 76.1. The highest BCUT2D eigenvalue weighted by Gasteiger charge is 2.30. The van der Waals surface area contributed by atoms with Crippen LogP contribution in [0.1, 0.15) is 291 Å². The molecular formula is C59H114O17P2. The number of ether oxygens (including phenoxy) is 4. The molecule has 0 aromatic carbocycles. The molecule has 0 bridgehead atoms. The lowest BCUT2D eigenvalue weighted by atomic mass is 10.0. The van der Waals surface area contributed by atoms with Gasteiger partial charge in [-0.1, -0.05) is 240 Å². The van der Waals surface area contributed by atoms with Crippen LogP contribution in [0.15, 0.2) is 0 Å². The molecule has 0 aliphatic rings. The van der Waals surface area contributed by atoms with Crippen molar-refractivity contribution in [1.29, 1.82) is 0 Å². The normalized spacial score (nSPS) is 14.4. The largest absolute Gasteiger partial charge is 0.472 e. The van der Waals surface area contributed by atoms with E-state index in [0.717, 1.165) is 102 Å². The first-order valence-corrected chi connectivity index (χ1v) is 34.1. The molecule has 0 saturated heterocycles. The van der Waals surface area contributed by atoms with E-state index in [9.17, 15) is 43.2 Å². The number of carbonyl (C=O) groups is 4. The third kappa shape index (κ3) is 53.4. The number of aliphatic hydroxyl groups is 1. The second-order valence-electron chi connectivity index (χ2n) is 21.9. The van der Waals surface area contributed by atoms with Crippen LogP contribution in [-0.4, -0.2) is 96.7 Å².